The summed E-state index contributed by atoms with van der Waals surface area (Å²) in [7, 11) is 0. The Kier molecular flexibility index (Phi) is 5.44. The standard InChI is InChI=1S/C20H34O3/c1-13(9-11-21)6-7-15-14(2)16(22)12-17-19(3,4)18(23)8-10-20(15,17)5/h9,15-18,21-23H,2,6-8,10-12H2,1,3-5H3. The summed E-state index contributed by atoms with van der Waals surface area (Å²) in [6.45, 7) is 13.0. The Labute approximate surface area is 141 Å². The van der Waals surface area contributed by atoms with Crippen LogP contribution in [0.3, 0.4) is 0 Å². The van der Waals surface area contributed by atoms with Crippen molar-refractivity contribution in [3.63, 3.8) is 0 Å². The topological polar surface area (TPSA) is 60.7 Å². The summed E-state index contributed by atoms with van der Waals surface area (Å²) in [5, 5.41) is 30.1. The van der Waals surface area contributed by atoms with E-state index in [1.165, 1.54) is 5.57 Å². The van der Waals surface area contributed by atoms with Crippen molar-refractivity contribution in [3.8, 4) is 0 Å². The maximum atomic E-state index is 10.6. The summed E-state index contributed by atoms with van der Waals surface area (Å²) in [5.41, 5.74) is 2.06. The average molecular weight is 322 g/mol. The fourth-order valence-electron chi connectivity index (χ4n) is 5.24. The maximum Gasteiger partial charge on any atom is 0.0753 e. The van der Waals surface area contributed by atoms with E-state index in [9.17, 15) is 10.2 Å². The monoisotopic (exact) mass is 322 g/mol. The first-order chi connectivity index (χ1) is 10.6. The van der Waals surface area contributed by atoms with E-state index in [0.29, 0.717) is 12.3 Å². The van der Waals surface area contributed by atoms with Crippen LogP contribution in [0.15, 0.2) is 23.8 Å². The van der Waals surface area contributed by atoms with E-state index in [1.54, 1.807) is 0 Å². The molecule has 0 aromatic heterocycles. The summed E-state index contributed by atoms with van der Waals surface area (Å²) in [5.74, 6) is 0.566. The maximum absolute atomic E-state index is 10.6. The molecule has 0 saturated heterocycles. The van der Waals surface area contributed by atoms with Gasteiger partial charge >= 0.3 is 0 Å². The molecular weight excluding hydrogens is 288 g/mol. The molecule has 0 aromatic carbocycles. The quantitative estimate of drug-likeness (QED) is 0.695. The number of hydrogen-bond acceptors (Lipinski definition) is 3. The lowest BCUT2D eigenvalue weighted by Crippen LogP contribution is -2.57. The zero-order valence-electron chi connectivity index (χ0n) is 15.2. The third-order valence-corrected chi connectivity index (χ3v) is 6.91. The molecule has 5 unspecified atom stereocenters. The molecule has 3 nitrogen and oxygen atoms in total. The highest BCUT2D eigenvalue weighted by atomic mass is 16.3. The molecule has 0 aliphatic heterocycles. The third kappa shape index (κ3) is 3.29. The number of allylic oxidation sites excluding steroid dienone is 1. The Morgan fingerprint density at radius 2 is 1.96 bits per heavy atom. The molecule has 0 spiro atoms. The van der Waals surface area contributed by atoms with Crippen molar-refractivity contribution in [2.45, 2.75) is 72.0 Å². The van der Waals surface area contributed by atoms with Gasteiger partial charge in [0.05, 0.1) is 18.8 Å². The minimum absolute atomic E-state index is 0.0819. The highest BCUT2D eigenvalue weighted by molar-refractivity contribution is 5.21. The summed E-state index contributed by atoms with van der Waals surface area (Å²) in [6, 6.07) is 0. The molecule has 132 valence electrons. The van der Waals surface area contributed by atoms with Crippen LogP contribution in [-0.4, -0.2) is 34.1 Å². The first kappa shape index (κ1) is 18.7. The Morgan fingerprint density at radius 3 is 2.57 bits per heavy atom. The number of rotatable bonds is 4. The van der Waals surface area contributed by atoms with Gasteiger partial charge < -0.3 is 15.3 Å². The number of aliphatic hydroxyl groups excluding tert-OH is 3. The zero-order chi connectivity index (χ0) is 17.4. The van der Waals surface area contributed by atoms with Crippen LogP contribution in [0, 0.1) is 22.7 Å². The minimum Gasteiger partial charge on any atom is -0.393 e. The molecule has 0 heterocycles. The van der Waals surface area contributed by atoms with E-state index in [-0.39, 0.29) is 29.5 Å². The minimum atomic E-state index is -0.468. The van der Waals surface area contributed by atoms with Gasteiger partial charge in [0.2, 0.25) is 0 Å². The fourth-order valence-corrected chi connectivity index (χ4v) is 5.24. The van der Waals surface area contributed by atoms with Crippen LogP contribution in [-0.2, 0) is 0 Å². The Balaban J connectivity index is 2.28. The molecular formula is C20H34O3. The fraction of sp³-hybridized carbons (Fsp3) is 0.800. The predicted molar refractivity (Wildman–Crippen MR) is 93.9 cm³/mol. The number of aliphatic hydroxyl groups is 3. The Bertz CT molecular complexity index is 479. The molecule has 2 rings (SSSR count). The van der Waals surface area contributed by atoms with Crippen molar-refractivity contribution < 1.29 is 15.3 Å². The van der Waals surface area contributed by atoms with Gasteiger partial charge in [-0.25, -0.2) is 0 Å². The lowest BCUT2D eigenvalue weighted by Gasteiger charge is -2.60. The van der Waals surface area contributed by atoms with E-state index in [0.717, 1.165) is 31.3 Å². The highest BCUT2D eigenvalue weighted by Crippen LogP contribution is 2.61. The summed E-state index contributed by atoms with van der Waals surface area (Å²) in [4.78, 5) is 0. The predicted octanol–water partition coefficient (Wildman–Crippen LogP) is 3.45. The van der Waals surface area contributed by atoms with Gasteiger partial charge in [0.25, 0.3) is 0 Å². The van der Waals surface area contributed by atoms with Gasteiger partial charge in [0.1, 0.15) is 0 Å². The van der Waals surface area contributed by atoms with E-state index in [1.807, 2.05) is 13.0 Å². The van der Waals surface area contributed by atoms with E-state index in [4.69, 9.17) is 5.11 Å². The molecule has 5 atom stereocenters. The lowest BCUT2D eigenvalue weighted by molar-refractivity contribution is -0.140. The molecule has 2 aliphatic carbocycles. The van der Waals surface area contributed by atoms with Crippen molar-refractivity contribution in [2.75, 3.05) is 6.61 Å². The van der Waals surface area contributed by atoms with Gasteiger partial charge in [-0.05, 0) is 67.3 Å². The lowest BCUT2D eigenvalue weighted by atomic mass is 9.46. The largest absolute Gasteiger partial charge is 0.393 e. The molecule has 0 bridgehead atoms. The average Bonchev–Trinajstić information content (AvgIpc) is 2.47. The molecule has 23 heavy (non-hydrogen) atoms. The molecule has 2 aliphatic rings. The first-order valence-corrected chi connectivity index (χ1v) is 8.96. The van der Waals surface area contributed by atoms with Gasteiger partial charge in [0, 0.05) is 0 Å². The van der Waals surface area contributed by atoms with Crippen molar-refractivity contribution >= 4 is 0 Å². The van der Waals surface area contributed by atoms with Crippen LogP contribution in [0.2, 0.25) is 0 Å². The number of hydrogen-bond donors (Lipinski definition) is 3. The molecule has 0 amide bonds. The van der Waals surface area contributed by atoms with Crippen LogP contribution in [0.25, 0.3) is 0 Å². The second-order valence-corrected chi connectivity index (χ2v) is 8.58. The summed E-state index contributed by atoms with van der Waals surface area (Å²) >= 11 is 0. The van der Waals surface area contributed by atoms with Gasteiger partial charge in [0.15, 0.2) is 0 Å². The first-order valence-electron chi connectivity index (χ1n) is 8.96. The van der Waals surface area contributed by atoms with Crippen LogP contribution < -0.4 is 0 Å². The van der Waals surface area contributed by atoms with Crippen molar-refractivity contribution in [3.05, 3.63) is 23.8 Å². The molecule has 3 N–H and O–H groups in total. The van der Waals surface area contributed by atoms with Crippen LogP contribution in [0.1, 0.15) is 59.8 Å². The van der Waals surface area contributed by atoms with Gasteiger partial charge in [-0.15, -0.1) is 0 Å². The van der Waals surface area contributed by atoms with Crippen LogP contribution in [0.5, 0.6) is 0 Å². The molecule has 2 saturated carbocycles. The summed E-state index contributed by atoms with van der Waals surface area (Å²) < 4.78 is 0. The van der Waals surface area contributed by atoms with Crippen LogP contribution in [0.4, 0.5) is 0 Å². The molecule has 2 fully saturated rings. The van der Waals surface area contributed by atoms with E-state index < -0.39 is 6.10 Å². The third-order valence-electron chi connectivity index (χ3n) is 6.91. The van der Waals surface area contributed by atoms with Crippen molar-refractivity contribution in [2.24, 2.45) is 22.7 Å². The summed E-state index contributed by atoms with van der Waals surface area (Å²) in [6.07, 6.45) is 5.49. The Hall–Kier alpha value is -0.640. The Morgan fingerprint density at radius 1 is 1.30 bits per heavy atom. The molecule has 3 heteroatoms. The molecule has 0 radical (unpaired) electrons. The second-order valence-electron chi connectivity index (χ2n) is 8.58. The van der Waals surface area contributed by atoms with Crippen LogP contribution >= 0.6 is 0 Å². The van der Waals surface area contributed by atoms with Crippen molar-refractivity contribution in [1.29, 1.82) is 0 Å². The SMILES string of the molecule is C=C1C(O)CC2C(C)(C)C(O)CCC2(C)C1CCC(C)=CCO. The molecule has 0 aromatic rings. The van der Waals surface area contributed by atoms with Gasteiger partial charge in [-0.2, -0.15) is 0 Å². The van der Waals surface area contributed by atoms with Crippen molar-refractivity contribution in [1.82, 2.24) is 0 Å². The smallest absolute Gasteiger partial charge is 0.0753 e. The highest BCUT2D eigenvalue weighted by Gasteiger charge is 2.57. The normalized spacial score (nSPS) is 40.8. The number of fused-ring (bicyclic) bond motifs is 1. The second kappa shape index (κ2) is 6.70. The van der Waals surface area contributed by atoms with E-state index >= 15 is 0 Å². The van der Waals surface area contributed by atoms with Gasteiger partial charge in [-0.3, -0.25) is 0 Å². The zero-order valence-corrected chi connectivity index (χ0v) is 15.2. The van der Waals surface area contributed by atoms with Gasteiger partial charge in [-0.1, -0.05) is 39.0 Å². The van der Waals surface area contributed by atoms with E-state index in [2.05, 4.69) is 27.4 Å².